The smallest absolute Gasteiger partial charge is 0.225 e. The topological polar surface area (TPSA) is 59.1 Å². The van der Waals surface area contributed by atoms with Crippen LogP contribution in [-0.4, -0.2) is 17.1 Å². The van der Waals surface area contributed by atoms with Crippen molar-refractivity contribution in [1.29, 1.82) is 0 Å². The highest BCUT2D eigenvalue weighted by Gasteiger charge is 2.05. The Bertz CT molecular complexity index is 862. The fourth-order valence-corrected chi connectivity index (χ4v) is 2.66. The molecule has 134 valence electrons. The van der Waals surface area contributed by atoms with Crippen molar-refractivity contribution >= 4 is 11.8 Å². The molecule has 5 nitrogen and oxygen atoms in total. The fourth-order valence-electron chi connectivity index (χ4n) is 2.66. The van der Waals surface area contributed by atoms with Crippen LogP contribution in [0, 0.1) is 13.8 Å². The minimum atomic E-state index is 0.619. The second-order valence-electron chi connectivity index (χ2n) is 6.22. The number of hydrogen-bond acceptors (Lipinski definition) is 5. The Morgan fingerprint density at radius 3 is 2.42 bits per heavy atom. The molecule has 2 N–H and O–H groups in total. The Kier molecular flexibility index (Phi) is 5.69. The summed E-state index contributed by atoms with van der Waals surface area (Å²) in [5.41, 5.74) is 4.45. The van der Waals surface area contributed by atoms with Gasteiger partial charge < -0.3 is 15.4 Å². The molecule has 0 aliphatic carbocycles. The summed E-state index contributed by atoms with van der Waals surface area (Å²) < 4.78 is 5.39. The molecule has 0 fully saturated rings. The number of aromatic nitrogens is 2. The lowest BCUT2D eigenvalue weighted by Crippen LogP contribution is -2.08. The van der Waals surface area contributed by atoms with Gasteiger partial charge in [-0.25, -0.2) is 4.98 Å². The third kappa shape index (κ3) is 4.72. The summed E-state index contributed by atoms with van der Waals surface area (Å²) in [7, 11) is 1.68. The molecule has 0 aliphatic heterocycles. The first-order valence-electron chi connectivity index (χ1n) is 8.65. The summed E-state index contributed by atoms with van der Waals surface area (Å²) in [6, 6.07) is 18.3. The SMILES string of the molecule is COc1ccccc1CNc1cc(C)nc(NCc2ccc(C)cc2)n1. The molecule has 1 aromatic heterocycles. The average Bonchev–Trinajstić information content (AvgIpc) is 2.66. The van der Waals surface area contributed by atoms with E-state index in [2.05, 4.69) is 51.8 Å². The van der Waals surface area contributed by atoms with Crippen LogP contribution in [0.5, 0.6) is 5.75 Å². The normalized spacial score (nSPS) is 10.4. The summed E-state index contributed by atoms with van der Waals surface area (Å²) >= 11 is 0. The van der Waals surface area contributed by atoms with Gasteiger partial charge in [-0.1, -0.05) is 48.0 Å². The van der Waals surface area contributed by atoms with Gasteiger partial charge in [0.1, 0.15) is 11.6 Å². The predicted octanol–water partition coefficient (Wildman–Crippen LogP) is 4.33. The van der Waals surface area contributed by atoms with Gasteiger partial charge >= 0.3 is 0 Å². The van der Waals surface area contributed by atoms with E-state index >= 15 is 0 Å². The minimum Gasteiger partial charge on any atom is -0.496 e. The lowest BCUT2D eigenvalue weighted by molar-refractivity contribution is 0.410. The van der Waals surface area contributed by atoms with Crippen LogP contribution in [0.15, 0.2) is 54.6 Å². The first kappa shape index (κ1) is 17.7. The van der Waals surface area contributed by atoms with Crippen molar-refractivity contribution < 1.29 is 4.74 Å². The molecule has 0 saturated carbocycles. The van der Waals surface area contributed by atoms with Gasteiger partial charge in [0.15, 0.2) is 0 Å². The first-order chi connectivity index (χ1) is 12.6. The molecule has 26 heavy (non-hydrogen) atoms. The van der Waals surface area contributed by atoms with Gasteiger partial charge in [-0.15, -0.1) is 0 Å². The van der Waals surface area contributed by atoms with Crippen molar-refractivity contribution in [2.75, 3.05) is 17.7 Å². The molecule has 0 radical (unpaired) electrons. The molecule has 1 heterocycles. The van der Waals surface area contributed by atoms with E-state index in [1.165, 1.54) is 11.1 Å². The van der Waals surface area contributed by atoms with Gasteiger partial charge in [0.2, 0.25) is 5.95 Å². The van der Waals surface area contributed by atoms with E-state index in [4.69, 9.17) is 4.74 Å². The van der Waals surface area contributed by atoms with Crippen LogP contribution in [0.25, 0.3) is 0 Å². The van der Waals surface area contributed by atoms with Crippen molar-refractivity contribution in [3.05, 3.63) is 77.0 Å². The van der Waals surface area contributed by atoms with Crippen LogP contribution in [0.4, 0.5) is 11.8 Å². The maximum absolute atomic E-state index is 5.39. The van der Waals surface area contributed by atoms with E-state index < -0.39 is 0 Å². The molecule has 2 aromatic carbocycles. The number of rotatable bonds is 7. The maximum Gasteiger partial charge on any atom is 0.225 e. The second kappa shape index (κ2) is 8.34. The minimum absolute atomic E-state index is 0.619. The lowest BCUT2D eigenvalue weighted by Gasteiger charge is -2.12. The molecule has 3 rings (SSSR count). The Morgan fingerprint density at radius 2 is 1.65 bits per heavy atom. The molecule has 0 amide bonds. The summed E-state index contributed by atoms with van der Waals surface area (Å²) in [4.78, 5) is 9.03. The number of benzene rings is 2. The van der Waals surface area contributed by atoms with E-state index in [1.54, 1.807) is 7.11 Å². The second-order valence-corrected chi connectivity index (χ2v) is 6.22. The number of nitrogens with one attached hydrogen (secondary N) is 2. The highest BCUT2D eigenvalue weighted by Crippen LogP contribution is 2.19. The quantitative estimate of drug-likeness (QED) is 0.666. The number of nitrogens with zero attached hydrogens (tertiary/aromatic N) is 2. The van der Waals surface area contributed by atoms with Crippen molar-refractivity contribution in [3.63, 3.8) is 0 Å². The summed E-state index contributed by atoms with van der Waals surface area (Å²) in [5.74, 6) is 2.27. The predicted molar refractivity (Wildman–Crippen MR) is 106 cm³/mol. The van der Waals surface area contributed by atoms with Crippen LogP contribution in [0.3, 0.4) is 0 Å². The number of anilines is 2. The van der Waals surface area contributed by atoms with Crippen LogP contribution < -0.4 is 15.4 Å². The van der Waals surface area contributed by atoms with E-state index in [1.807, 2.05) is 37.3 Å². The average molecular weight is 348 g/mol. The van der Waals surface area contributed by atoms with Crippen molar-refractivity contribution in [3.8, 4) is 5.75 Å². The highest BCUT2D eigenvalue weighted by molar-refractivity contribution is 5.44. The zero-order valence-corrected chi connectivity index (χ0v) is 15.4. The number of methoxy groups -OCH3 is 1. The molecule has 0 spiro atoms. The van der Waals surface area contributed by atoms with Crippen LogP contribution in [0.2, 0.25) is 0 Å². The zero-order valence-electron chi connectivity index (χ0n) is 15.4. The lowest BCUT2D eigenvalue weighted by atomic mass is 10.1. The molecular formula is C21H24N4O. The molecule has 0 unspecified atom stereocenters. The zero-order chi connectivity index (χ0) is 18.4. The Morgan fingerprint density at radius 1 is 0.885 bits per heavy atom. The Balaban J connectivity index is 1.66. The van der Waals surface area contributed by atoms with E-state index in [9.17, 15) is 0 Å². The van der Waals surface area contributed by atoms with Crippen LogP contribution >= 0.6 is 0 Å². The summed E-state index contributed by atoms with van der Waals surface area (Å²) in [6.07, 6.45) is 0. The van der Waals surface area contributed by atoms with Gasteiger partial charge in [0.05, 0.1) is 7.11 Å². The van der Waals surface area contributed by atoms with Crippen molar-refractivity contribution in [1.82, 2.24) is 9.97 Å². The van der Waals surface area contributed by atoms with E-state index in [0.29, 0.717) is 19.0 Å². The Labute approximate surface area is 154 Å². The monoisotopic (exact) mass is 348 g/mol. The van der Waals surface area contributed by atoms with Crippen molar-refractivity contribution in [2.24, 2.45) is 0 Å². The number of hydrogen-bond donors (Lipinski definition) is 2. The number of para-hydroxylation sites is 1. The Hall–Kier alpha value is -3.08. The van der Waals surface area contributed by atoms with Gasteiger partial charge in [0, 0.05) is 30.4 Å². The van der Waals surface area contributed by atoms with Gasteiger partial charge in [-0.05, 0) is 25.5 Å². The molecule has 3 aromatic rings. The van der Waals surface area contributed by atoms with Crippen molar-refractivity contribution in [2.45, 2.75) is 26.9 Å². The molecular weight excluding hydrogens is 324 g/mol. The summed E-state index contributed by atoms with van der Waals surface area (Å²) in [6.45, 7) is 5.38. The number of aryl methyl sites for hydroxylation is 2. The third-order valence-electron chi connectivity index (χ3n) is 4.08. The molecule has 0 aliphatic rings. The highest BCUT2D eigenvalue weighted by atomic mass is 16.5. The fraction of sp³-hybridized carbons (Fsp3) is 0.238. The molecule has 5 heteroatoms. The summed E-state index contributed by atoms with van der Waals surface area (Å²) in [5, 5.41) is 6.65. The van der Waals surface area contributed by atoms with Gasteiger partial charge in [-0.2, -0.15) is 4.98 Å². The number of ether oxygens (including phenoxy) is 1. The van der Waals surface area contributed by atoms with Crippen LogP contribution in [0.1, 0.15) is 22.4 Å². The standard InChI is InChI=1S/C21H24N4O/c1-15-8-10-17(11-9-15)13-23-21-24-16(2)12-20(25-21)22-14-18-6-4-5-7-19(18)26-3/h4-12H,13-14H2,1-3H3,(H2,22,23,24,25). The largest absolute Gasteiger partial charge is 0.496 e. The van der Waals surface area contributed by atoms with Gasteiger partial charge in [-0.3, -0.25) is 0 Å². The molecule has 0 atom stereocenters. The maximum atomic E-state index is 5.39. The van der Waals surface area contributed by atoms with E-state index in [0.717, 1.165) is 22.8 Å². The molecule has 0 saturated heterocycles. The first-order valence-corrected chi connectivity index (χ1v) is 8.65. The third-order valence-corrected chi connectivity index (χ3v) is 4.08. The van der Waals surface area contributed by atoms with Gasteiger partial charge in [0.25, 0.3) is 0 Å². The van der Waals surface area contributed by atoms with Crippen LogP contribution in [-0.2, 0) is 13.1 Å². The molecule has 0 bridgehead atoms. The van der Waals surface area contributed by atoms with E-state index in [-0.39, 0.29) is 0 Å².